The molecule has 3 rings (SSSR count). The Morgan fingerprint density at radius 1 is 1.10 bits per heavy atom. The normalized spacial score (nSPS) is 15.0. The number of aliphatic hydroxyl groups is 1. The summed E-state index contributed by atoms with van der Waals surface area (Å²) in [6.07, 6.45) is 5.48. The Kier molecular flexibility index (Phi) is 7.30. The highest BCUT2D eigenvalue weighted by Gasteiger charge is 2.26. The van der Waals surface area contributed by atoms with Gasteiger partial charge in [-0.3, -0.25) is 4.79 Å². The highest BCUT2D eigenvalue weighted by atomic mass is 32.2. The number of hydrogen-bond acceptors (Lipinski definition) is 5. The molecule has 0 saturated heterocycles. The zero-order valence-electron chi connectivity index (χ0n) is 17.4. The number of amides is 1. The fourth-order valence-corrected chi connectivity index (χ4v) is 5.11. The predicted molar refractivity (Wildman–Crippen MR) is 121 cm³/mol. The van der Waals surface area contributed by atoms with Crippen molar-refractivity contribution in [1.29, 1.82) is 0 Å². The Hall–Kier alpha value is -2.90. The van der Waals surface area contributed by atoms with Gasteiger partial charge >= 0.3 is 0 Å². The number of phenolic OH excluding ortho intramolecular Hbond substituents is 1. The van der Waals surface area contributed by atoms with Gasteiger partial charge < -0.3 is 15.1 Å². The first kappa shape index (κ1) is 22.8. The van der Waals surface area contributed by atoms with Crippen LogP contribution in [0.5, 0.6) is 5.75 Å². The zero-order valence-corrected chi connectivity index (χ0v) is 18.3. The monoisotopic (exact) mass is 441 g/mol. The summed E-state index contributed by atoms with van der Waals surface area (Å²) in [6, 6.07) is 14.6. The van der Waals surface area contributed by atoms with E-state index in [4.69, 9.17) is 0 Å². The second kappa shape index (κ2) is 9.94. The van der Waals surface area contributed by atoms with E-state index in [1.54, 1.807) is 49.5 Å². The lowest BCUT2D eigenvalue weighted by atomic mass is 9.89. The first-order valence-electron chi connectivity index (χ1n) is 10.1. The number of sulfone groups is 1. The van der Waals surface area contributed by atoms with Crippen LogP contribution in [0.25, 0.3) is 0 Å². The van der Waals surface area contributed by atoms with Crippen molar-refractivity contribution in [2.45, 2.75) is 24.2 Å². The van der Waals surface area contributed by atoms with Crippen LogP contribution in [-0.2, 0) is 14.6 Å². The topological polar surface area (TPSA) is 94.9 Å². The fourth-order valence-electron chi connectivity index (χ4n) is 3.67. The minimum absolute atomic E-state index is 0.103. The number of aliphatic hydroxyl groups excluding tert-OH is 1. The van der Waals surface area contributed by atoms with Gasteiger partial charge in [0.15, 0.2) is 9.84 Å². The molecule has 0 radical (unpaired) electrons. The lowest BCUT2D eigenvalue weighted by Gasteiger charge is -2.25. The van der Waals surface area contributed by atoms with Gasteiger partial charge in [0, 0.05) is 12.7 Å². The van der Waals surface area contributed by atoms with Crippen LogP contribution in [0, 0.1) is 5.92 Å². The molecule has 0 saturated carbocycles. The van der Waals surface area contributed by atoms with Crippen molar-refractivity contribution in [1.82, 2.24) is 0 Å². The van der Waals surface area contributed by atoms with Crippen molar-refractivity contribution in [2.75, 3.05) is 24.3 Å². The molecule has 1 atom stereocenters. The van der Waals surface area contributed by atoms with Gasteiger partial charge in [-0.1, -0.05) is 35.9 Å². The lowest BCUT2D eigenvalue weighted by molar-refractivity contribution is -0.123. The van der Waals surface area contributed by atoms with Crippen molar-refractivity contribution < 1.29 is 23.4 Å². The molecule has 0 fully saturated rings. The van der Waals surface area contributed by atoms with Crippen LogP contribution in [0.4, 0.5) is 5.69 Å². The largest absolute Gasteiger partial charge is 0.508 e. The second-order valence-electron chi connectivity index (χ2n) is 7.64. The Labute approximate surface area is 183 Å². The molecule has 1 unspecified atom stereocenters. The highest BCUT2D eigenvalue weighted by molar-refractivity contribution is 7.91. The number of carbonyl (C=O) groups excluding carboxylic acids is 1. The van der Waals surface area contributed by atoms with Crippen LogP contribution in [0.2, 0.25) is 0 Å². The van der Waals surface area contributed by atoms with Gasteiger partial charge in [0.1, 0.15) is 5.75 Å². The molecule has 6 nitrogen and oxygen atoms in total. The van der Waals surface area contributed by atoms with Crippen molar-refractivity contribution in [3.8, 4) is 5.75 Å². The van der Waals surface area contributed by atoms with Gasteiger partial charge in [-0.2, -0.15) is 0 Å². The van der Waals surface area contributed by atoms with Crippen LogP contribution >= 0.6 is 0 Å². The van der Waals surface area contributed by atoms with E-state index in [1.807, 2.05) is 12.2 Å². The van der Waals surface area contributed by atoms with Gasteiger partial charge in [-0.15, -0.1) is 0 Å². The fraction of sp³-hybridized carbons (Fsp3) is 0.292. The number of allylic oxidation sites excluding steroid dienone is 3. The maximum Gasteiger partial charge on any atom is 0.232 e. The Bertz CT molecular complexity index is 1070. The number of rotatable bonds is 8. The second-order valence-corrected chi connectivity index (χ2v) is 9.63. The van der Waals surface area contributed by atoms with Crippen molar-refractivity contribution in [3.63, 3.8) is 0 Å². The van der Waals surface area contributed by atoms with Crippen LogP contribution in [-0.4, -0.2) is 43.9 Å². The minimum atomic E-state index is -3.51. The number of hydrogen-bond donors (Lipinski definition) is 2. The third-order valence-electron chi connectivity index (χ3n) is 5.46. The van der Waals surface area contributed by atoms with E-state index >= 15 is 0 Å². The number of benzene rings is 2. The molecule has 2 aromatic carbocycles. The molecule has 0 bridgehead atoms. The van der Waals surface area contributed by atoms with Crippen molar-refractivity contribution in [2.24, 2.45) is 5.92 Å². The van der Waals surface area contributed by atoms with Crippen molar-refractivity contribution in [3.05, 3.63) is 77.9 Å². The third-order valence-corrected chi connectivity index (χ3v) is 7.15. The quantitative estimate of drug-likeness (QED) is 0.654. The van der Waals surface area contributed by atoms with Crippen LogP contribution < -0.4 is 4.90 Å². The van der Waals surface area contributed by atoms with E-state index in [1.165, 1.54) is 17.0 Å². The molecule has 31 heavy (non-hydrogen) atoms. The first-order valence-corrected chi connectivity index (χ1v) is 11.8. The Morgan fingerprint density at radius 3 is 2.42 bits per heavy atom. The number of nitrogens with zero attached hydrogens (tertiary/aromatic N) is 1. The average molecular weight is 442 g/mol. The van der Waals surface area contributed by atoms with E-state index in [2.05, 4.69) is 0 Å². The van der Waals surface area contributed by atoms with Crippen LogP contribution in [0.1, 0.15) is 19.3 Å². The smallest absolute Gasteiger partial charge is 0.232 e. The van der Waals surface area contributed by atoms with Crippen molar-refractivity contribution >= 4 is 21.4 Å². The van der Waals surface area contributed by atoms with E-state index in [9.17, 15) is 23.4 Å². The van der Waals surface area contributed by atoms with Gasteiger partial charge in [0.05, 0.1) is 23.2 Å². The molecular formula is C24H27NO5S. The molecule has 2 N–H and O–H groups in total. The maximum atomic E-state index is 13.0. The molecule has 164 valence electrons. The van der Waals surface area contributed by atoms with Gasteiger partial charge in [0.2, 0.25) is 5.91 Å². The summed E-state index contributed by atoms with van der Waals surface area (Å²) in [5, 5.41) is 19.4. The summed E-state index contributed by atoms with van der Waals surface area (Å²) in [4.78, 5) is 14.7. The van der Waals surface area contributed by atoms with E-state index < -0.39 is 15.8 Å². The number of carbonyl (C=O) groups is 1. The Balaban J connectivity index is 1.81. The lowest BCUT2D eigenvalue weighted by Crippen LogP contribution is -2.35. The summed E-state index contributed by atoms with van der Waals surface area (Å²) in [5.74, 6) is -0.981. The highest BCUT2D eigenvalue weighted by Crippen LogP contribution is 2.29. The molecule has 0 spiro atoms. The third kappa shape index (κ3) is 5.62. The van der Waals surface area contributed by atoms with Crippen LogP contribution in [0.3, 0.4) is 0 Å². The SMILES string of the molecule is CN(C(=O)C(CO)CC1=C(CS(=O)(=O)c2ccccc2)C=CCC1)c1ccc(O)cc1. The average Bonchev–Trinajstić information content (AvgIpc) is 2.78. The molecule has 0 aliphatic heterocycles. The molecule has 0 aromatic heterocycles. The van der Waals surface area contributed by atoms with E-state index in [0.717, 1.165) is 12.0 Å². The van der Waals surface area contributed by atoms with E-state index in [-0.39, 0.29) is 28.9 Å². The molecule has 1 amide bonds. The summed E-state index contributed by atoms with van der Waals surface area (Å²) in [6.45, 7) is -0.340. The number of anilines is 1. The number of aromatic hydroxyl groups is 1. The van der Waals surface area contributed by atoms with Crippen LogP contribution in [0.15, 0.2) is 82.8 Å². The predicted octanol–water partition coefficient (Wildman–Crippen LogP) is 3.47. The molecule has 1 aliphatic rings. The summed E-state index contributed by atoms with van der Waals surface area (Å²) < 4.78 is 25.7. The standard InChI is InChI=1S/C24H27NO5S/c1-25(21-11-13-22(27)14-12-21)24(28)20(16-26)15-18-7-5-6-8-19(18)17-31(29,30)23-9-3-2-4-10-23/h2-4,6,8-14,20,26-27H,5,7,15-17H2,1H3. The molecule has 0 heterocycles. The zero-order chi connectivity index (χ0) is 22.4. The molecular weight excluding hydrogens is 414 g/mol. The summed E-state index contributed by atoms with van der Waals surface area (Å²) in [5.41, 5.74) is 2.17. The molecule has 7 heteroatoms. The molecule has 2 aromatic rings. The summed E-state index contributed by atoms with van der Waals surface area (Å²) in [7, 11) is -1.89. The van der Waals surface area contributed by atoms with Gasteiger partial charge in [0.25, 0.3) is 0 Å². The van der Waals surface area contributed by atoms with Gasteiger partial charge in [-0.25, -0.2) is 8.42 Å². The van der Waals surface area contributed by atoms with Gasteiger partial charge in [-0.05, 0) is 61.2 Å². The van der Waals surface area contributed by atoms with E-state index in [0.29, 0.717) is 24.1 Å². The number of phenols is 1. The first-order chi connectivity index (χ1) is 14.8. The minimum Gasteiger partial charge on any atom is -0.508 e. The molecule has 1 aliphatic carbocycles. The Morgan fingerprint density at radius 2 is 1.77 bits per heavy atom. The summed E-state index contributed by atoms with van der Waals surface area (Å²) >= 11 is 0. The maximum absolute atomic E-state index is 13.0.